The lowest BCUT2D eigenvalue weighted by Gasteiger charge is -2.35. The highest BCUT2D eigenvalue weighted by atomic mass is 16.5. The molecule has 1 aromatic heterocycles. The summed E-state index contributed by atoms with van der Waals surface area (Å²) in [7, 11) is 1.70. The summed E-state index contributed by atoms with van der Waals surface area (Å²) < 4.78 is 17.9. The number of benzene rings is 1. The van der Waals surface area contributed by atoms with Gasteiger partial charge in [0.15, 0.2) is 5.76 Å². The summed E-state index contributed by atoms with van der Waals surface area (Å²) in [6.45, 7) is 10.1. The molecule has 0 saturated heterocycles. The predicted octanol–water partition coefficient (Wildman–Crippen LogP) is 5.77. The van der Waals surface area contributed by atoms with E-state index in [1.807, 2.05) is 13.8 Å². The number of fused-ring (bicyclic) bond motifs is 1. The Kier molecular flexibility index (Phi) is 13.1. The third kappa shape index (κ3) is 9.70. The second-order valence-electron chi connectivity index (χ2n) is 13.3. The molecule has 260 valence electrons. The molecule has 4 amide bonds. The third-order valence-corrected chi connectivity index (χ3v) is 9.36. The summed E-state index contributed by atoms with van der Waals surface area (Å²) in [4.78, 5) is 43.8. The first-order valence-corrected chi connectivity index (χ1v) is 17.1. The first-order valence-electron chi connectivity index (χ1n) is 17.1. The second-order valence-corrected chi connectivity index (χ2v) is 13.3. The molecule has 0 radical (unpaired) electrons. The number of carbonyl (C=O) groups excluding carboxylic acids is 3. The third-order valence-electron chi connectivity index (χ3n) is 9.36. The molecule has 1 aliphatic heterocycles. The van der Waals surface area contributed by atoms with Crippen LogP contribution >= 0.6 is 0 Å². The van der Waals surface area contributed by atoms with Gasteiger partial charge in [-0.25, -0.2) is 4.79 Å². The van der Waals surface area contributed by atoms with Crippen LogP contribution in [-0.2, 0) is 9.53 Å². The number of carbonyl (C=O) groups is 3. The number of aromatic nitrogens is 1. The maximum atomic E-state index is 14.4. The molecule has 3 N–H and O–H groups in total. The average Bonchev–Trinajstić information content (AvgIpc) is 3.38. The molecular formula is C35H53N5O7. The van der Waals surface area contributed by atoms with E-state index in [9.17, 15) is 19.5 Å². The normalized spacial score (nSPS) is 22.4. The van der Waals surface area contributed by atoms with Crippen LogP contribution < -0.4 is 15.4 Å². The van der Waals surface area contributed by atoms with E-state index < -0.39 is 12.1 Å². The van der Waals surface area contributed by atoms with E-state index in [1.165, 1.54) is 0 Å². The van der Waals surface area contributed by atoms with Crippen LogP contribution in [0.25, 0.3) is 0 Å². The molecule has 0 spiro atoms. The second kappa shape index (κ2) is 17.0. The minimum absolute atomic E-state index is 0.0241. The Bertz CT molecular complexity index is 1340. The number of anilines is 2. The Morgan fingerprint density at radius 1 is 1.09 bits per heavy atom. The fourth-order valence-corrected chi connectivity index (χ4v) is 6.29. The van der Waals surface area contributed by atoms with Gasteiger partial charge in [0, 0.05) is 44.3 Å². The van der Waals surface area contributed by atoms with Crippen LogP contribution in [0.2, 0.25) is 0 Å². The Morgan fingerprint density at radius 3 is 2.49 bits per heavy atom. The summed E-state index contributed by atoms with van der Waals surface area (Å²) >= 11 is 0. The quantitative estimate of drug-likeness (QED) is 0.341. The van der Waals surface area contributed by atoms with Crippen molar-refractivity contribution in [2.75, 3.05) is 44.0 Å². The SMILES string of the molecule is Cc1noc(C)c1NC(=O)N(C)C[C@@H]1OCCCC[C@H](C)Oc2ccc(NC(=O)C3CCCCC3)cc2C(=O)N([C@@H](C)CO)C[C@H]1C. The van der Waals surface area contributed by atoms with E-state index in [0.29, 0.717) is 40.7 Å². The molecular weight excluding hydrogens is 602 g/mol. The van der Waals surface area contributed by atoms with Gasteiger partial charge in [-0.1, -0.05) is 31.3 Å². The predicted molar refractivity (Wildman–Crippen MR) is 180 cm³/mol. The van der Waals surface area contributed by atoms with Gasteiger partial charge in [0.25, 0.3) is 5.91 Å². The van der Waals surface area contributed by atoms with Crippen molar-refractivity contribution < 1.29 is 33.5 Å². The number of ether oxygens (including phenoxy) is 2. The molecule has 0 bridgehead atoms. The van der Waals surface area contributed by atoms with Crippen molar-refractivity contribution in [2.24, 2.45) is 11.8 Å². The van der Waals surface area contributed by atoms with Crippen molar-refractivity contribution in [3.8, 4) is 5.75 Å². The Morgan fingerprint density at radius 2 is 1.81 bits per heavy atom. The smallest absolute Gasteiger partial charge is 0.321 e. The maximum absolute atomic E-state index is 14.4. The lowest BCUT2D eigenvalue weighted by molar-refractivity contribution is -0.120. The molecule has 2 aliphatic rings. The number of hydrogen-bond donors (Lipinski definition) is 3. The number of aryl methyl sites for hydroxylation is 2. The van der Waals surface area contributed by atoms with Crippen molar-refractivity contribution in [3.05, 3.63) is 35.2 Å². The Balaban J connectivity index is 1.58. The fourth-order valence-electron chi connectivity index (χ4n) is 6.29. The van der Waals surface area contributed by atoms with Crippen LogP contribution in [-0.4, -0.2) is 89.5 Å². The lowest BCUT2D eigenvalue weighted by atomic mass is 9.88. The number of hydrogen-bond acceptors (Lipinski definition) is 8. The van der Waals surface area contributed by atoms with E-state index in [0.717, 1.165) is 51.4 Å². The van der Waals surface area contributed by atoms with Crippen molar-refractivity contribution in [1.82, 2.24) is 15.0 Å². The highest BCUT2D eigenvalue weighted by Crippen LogP contribution is 2.30. The van der Waals surface area contributed by atoms with Crippen LogP contribution in [0.3, 0.4) is 0 Å². The van der Waals surface area contributed by atoms with Gasteiger partial charge in [0.2, 0.25) is 5.91 Å². The molecule has 1 aromatic carbocycles. The number of nitrogens with one attached hydrogen (secondary N) is 2. The van der Waals surface area contributed by atoms with Gasteiger partial charge in [-0.05, 0) is 78.0 Å². The zero-order valence-corrected chi connectivity index (χ0v) is 28.8. The fraction of sp³-hybridized carbons (Fsp3) is 0.657. The van der Waals surface area contributed by atoms with Crippen LogP contribution in [0.5, 0.6) is 5.75 Å². The molecule has 0 unspecified atom stereocenters. The van der Waals surface area contributed by atoms with Crippen molar-refractivity contribution in [2.45, 2.75) is 104 Å². The monoisotopic (exact) mass is 655 g/mol. The summed E-state index contributed by atoms with van der Waals surface area (Å²) in [6, 6.07) is 4.41. The number of aliphatic hydroxyl groups is 1. The minimum Gasteiger partial charge on any atom is -0.490 e. The summed E-state index contributed by atoms with van der Waals surface area (Å²) in [5.74, 6) is 0.398. The first kappa shape index (κ1) is 36.2. The maximum Gasteiger partial charge on any atom is 0.321 e. The number of likely N-dealkylation sites (N-methyl/N-ethyl adjacent to an activating group) is 1. The highest BCUT2D eigenvalue weighted by molar-refractivity contribution is 6.00. The minimum atomic E-state index is -0.509. The van der Waals surface area contributed by atoms with Crippen molar-refractivity contribution >= 4 is 29.2 Å². The topological polar surface area (TPSA) is 146 Å². The van der Waals surface area contributed by atoms with Gasteiger partial charge in [0.05, 0.1) is 30.4 Å². The van der Waals surface area contributed by atoms with Crippen LogP contribution in [0, 0.1) is 25.7 Å². The number of urea groups is 1. The average molecular weight is 656 g/mol. The van der Waals surface area contributed by atoms with Gasteiger partial charge in [-0.2, -0.15) is 0 Å². The van der Waals surface area contributed by atoms with Gasteiger partial charge in [-0.15, -0.1) is 0 Å². The highest BCUT2D eigenvalue weighted by Gasteiger charge is 2.31. The zero-order valence-electron chi connectivity index (χ0n) is 28.8. The van der Waals surface area contributed by atoms with Crippen molar-refractivity contribution in [1.29, 1.82) is 0 Å². The van der Waals surface area contributed by atoms with E-state index in [1.54, 1.807) is 55.8 Å². The van der Waals surface area contributed by atoms with Gasteiger partial charge < -0.3 is 39.5 Å². The molecule has 1 saturated carbocycles. The summed E-state index contributed by atoms with van der Waals surface area (Å²) in [6.07, 6.45) is 6.86. The molecule has 12 nitrogen and oxygen atoms in total. The largest absolute Gasteiger partial charge is 0.490 e. The van der Waals surface area contributed by atoms with E-state index in [2.05, 4.69) is 15.8 Å². The molecule has 47 heavy (non-hydrogen) atoms. The molecule has 2 aromatic rings. The van der Waals surface area contributed by atoms with Crippen molar-refractivity contribution in [3.63, 3.8) is 0 Å². The Labute approximate surface area is 278 Å². The van der Waals surface area contributed by atoms with E-state index in [4.69, 9.17) is 14.0 Å². The summed E-state index contributed by atoms with van der Waals surface area (Å²) in [5, 5.41) is 20.1. The van der Waals surface area contributed by atoms with Crippen LogP contribution in [0.4, 0.5) is 16.2 Å². The zero-order chi connectivity index (χ0) is 34.1. The molecule has 1 fully saturated rings. The van der Waals surface area contributed by atoms with E-state index >= 15 is 0 Å². The number of rotatable bonds is 7. The van der Waals surface area contributed by atoms with Gasteiger partial charge >= 0.3 is 6.03 Å². The number of aliphatic hydroxyl groups excluding tert-OH is 1. The molecule has 12 heteroatoms. The van der Waals surface area contributed by atoms with Gasteiger partial charge in [0.1, 0.15) is 17.1 Å². The Hall–Kier alpha value is -3.64. The standard InChI is InChI=1S/C35H53N5O7/c1-22-19-40(23(2)21-41)34(43)29-18-28(36-33(42)27-13-8-7-9-14-27)15-16-30(29)46-24(3)12-10-11-17-45-31(22)20-39(6)35(44)37-32-25(4)38-47-26(32)5/h15-16,18,22-24,27,31,41H,7-14,17,19-21H2,1-6H3,(H,36,42)(H,37,44)/t22-,23+,24+,31+/m1/s1. The van der Waals surface area contributed by atoms with Crippen LogP contribution in [0.15, 0.2) is 22.7 Å². The first-order chi connectivity index (χ1) is 22.5. The molecule has 4 atom stereocenters. The molecule has 1 aliphatic carbocycles. The van der Waals surface area contributed by atoms with E-state index in [-0.39, 0.29) is 55.5 Å². The molecule has 4 rings (SSSR count). The molecule has 2 heterocycles. The number of nitrogens with zero attached hydrogens (tertiary/aromatic N) is 3. The summed E-state index contributed by atoms with van der Waals surface area (Å²) in [5.41, 5.74) is 2.01. The van der Waals surface area contributed by atoms with Crippen LogP contribution in [0.1, 0.15) is 93.9 Å². The van der Waals surface area contributed by atoms with Gasteiger partial charge in [-0.3, -0.25) is 9.59 Å². The lowest BCUT2D eigenvalue weighted by Crippen LogP contribution is -2.48. The number of amides is 4.